The maximum absolute atomic E-state index is 12.1. The van der Waals surface area contributed by atoms with Gasteiger partial charge in [0.15, 0.2) is 11.0 Å². The molecule has 1 atom stereocenters. The monoisotopic (exact) mass is 418 g/mol. The van der Waals surface area contributed by atoms with Gasteiger partial charge in [0.25, 0.3) is 0 Å². The van der Waals surface area contributed by atoms with Crippen LogP contribution in [0.3, 0.4) is 0 Å². The smallest absolute Gasteiger partial charge is 0.321 e. The summed E-state index contributed by atoms with van der Waals surface area (Å²) in [5.41, 5.74) is 1.13. The number of nitrogens with one attached hydrogen (secondary N) is 2. The van der Waals surface area contributed by atoms with Crippen molar-refractivity contribution in [2.75, 3.05) is 26.4 Å². The fourth-order valence-electron chi connectivity index (χ4n) is 2.92. The Morgan fingerprint density at radius 2 is 1.90 bits per heavy atom. The predicted molar refractivity (Wildman–Crippen MR) is 115 cm³/mol. The molecule has 0 aliphatic carbocycles. The van der Waals surface area contributed by atoms with E-state index in [0.717, 1.165) is 24.2 Å². The zero-order valence-electron chi connectivity index (χ0n) is 17.5. The lowest BCUT2D eigenvalue weighted by molar-refractivity contribution is -0.117. The second-order valence-electron chi connectivity index (χ2n) is 6.89. The number of benzene rings is 1. The predicted octanol–water partition coefficient (Wildman–Crippen LogP) is 2.67. The van der Waals surface area contributed by atoms with Gasteiger partial charge < -0.3 is 9.88 Å². The van der Waals surface area contributed by atoms with E-state index in [9.17, 15) is 9.59 Å². The molecule has 0 bridgehead atoms. The number of carbonyl (C=O) groups is 2. The molecular formula is C20H30N6O2S. The van der Waals surface area contributed by atoms with E-state index in [1.165, 1.54) is 11.8 Å². The van der Waals surface area contributed by atoms with Gasteiger partial charge in [-0.2, -0.15) is 0 Å². The topological polar surface area (TPSA) is 92.2 Å². The third-order valence-electron chi connectivity index (χ3n) is 4.36. The minimum Gasteiger partial charge on any atom is -0.338 e. The Kier molecular flexibility index (Phi) is 9.14. The highest BCUT2D eigenvalue weighted by molar-refractivity contribution is 7.99. The Labute approximate surface area is 176 Å². The molecule has 1 aromatic carbocycles. The van der Waals surface area contributed by atoms with Gasteiger partial charge in [0, 0.05) is 6.54 Å². The molecule has 0 spiro atoms. The molecule has 1 aromatic heterocycles. The summed E-state index contributed by atoms with van der Waals surface area (Å²) >= 11 is 1.28. The molecule has 0 unspecified atom stereocenters. The molecule has 2 N–H and O–H groups in total. The minimum absolute atomic E-state index is 0.0885. The summed E-state index contributed by atoms with van der Waals surface area (Å²) in [5, 5.41) is 14.4. The van der Waals surface area contributed by atoms with Crippen LogP contribution in [0.15, 0.2) is 35.5 Å². The maximum Gasteiger partial charge on any atom is 0.321 e. The van der Waals surface area contributed by atoms with E-state index in [0.29, 0.717) is 18.2 Å². The summed E-state index contributed by atoms with van der Waals surface area (Å²) in [6, 6.07) is 9.74. The quantitative estimate of drug-likeness (QED) is 0.577. The van der Waals surface area contributed by atoms with Gasteiger partial charge in [0.1, 0.15) is 0 Å². The van der Waals surface area contributed by atoms with Crippen molar-refractivity contribution in [2.45, 2.75) is 44.4 Å². The number of rotatable bonds is 10. The zero-order chi connectivity index (χ0) is 21.2. The number of hydrogen-bond donors (Lipinski definition) is 2. The molecule has 0 fully saturated rings. The van der Waals surface area contributed by atoms with Gasteiger partial charge in [0.2, 0.25) is 5.91 Å². The normalized spacial score (nSPS) is 12.0. The van der Waals surface area contributed by atoms with E-state index in [1.54, 1.807) is 0 Å². The number of nitrogens with zero attached hydrogens (tertiary/aromatic N) is 4. The van der Waals surface area contributed by atoms with Gasteiger partial charge in [-0.05, 0) is 32.5 Å². The highest BCUT2D eigenvalue weighted by Gasteiger charge is 2.22. The molecule has 0 saturated carbocycles. The first kappa shape index (κ1) is 22.9. The first-order valence-electron chi connectivity index (χ1n) is 9.80. The van der Waals surface area contributed by atoms with Crippen molar-refractivity contribution < 1.29 is 9.59 Å². The third kappa shape index (κ3) is 6.86. The second kappa shape index (κ2) is 11.6. The van der Waals surface area contributed by atoms with Crippen LogP contribution in [-0.4, -0.2) is 58.0 Å². The second-order valence-corrected chi connectivity index (χ2v) is 7.84. The van der Waals surface area contributed by atoms with Crippen LogP contribution >= 0.6 is 11.8 Å². The van der Waals surface area contributed by atoms with Gasteiger partial charge in [-0.1, -0.05) is 55.9 Å². The number of carbonyl (C=O) groups excluding carboxylic acids is 2. The maximum atomic E-state index is 12.1. The minimum atomic E-state index is -0.470. The van der Waals surface area contributed by atoms with Crippen LogP contribution in [-0.2, 0) is 11.3 Å². The molecule has 3 amide bonds. The van der Waals surface area contributed by atoms with E-state index >= 15 is 0 Å². The summed E-state index contributed by atoms with van der Waals surface area (Å²) in [7, 11) is 4.04. The van der Waals surface area contributed by atoms with Crippen molar-refractivity contribution in [2.24, 2.45) is 0 Å². The fraction of sp³-hybridized carbons (Fsp3) is 0.500. The molecule has 29 heavy (non-hydrogen) atoms. The number of thioether (sulfide) groups is 1. The Bertz CT molecular complexity index is 794. The highest BCUT2D eigenvalue weighted by atomic mass is 32.2. The molecule has 1 heterocycles. The molecule has 2 rings (SSSR count). The Morgan fingerprint density at radius 3 is 2.52 bits per heavy atom. The summed E-state index contributed by atoms with van der Waals surface area (Å²) < 4.78 is 2.05. The SMILES string of the molecule is CCCNC(=O)NC(=O)CSc1nnc([C@H](CC)N(C)C)n1Cc1ccccc1. The molecule has 158 valence electrons. The lowest BCUT2D eigenvalue weighted by Gasteiger charge is -2.23. The molecule has 0 aliphatic rings. The van der Waals surface area contributed by atoms with E-state index in [-0.39, 0.29) is 17.7 Å². The number of urea groups is 1. The van der Waals surface area contributed by atoms with E-state index in [2.05, 4.69) is 49.4 Å². The largest absolute Gasteiger partial charge is 0.338 e. The van der Waals surface area contributed by atoms with Crippen LogP contribution in [0.2, 0.25) is 0 Å². The van der Waals surface area contributed by atoms with Gasteiger partial charge in [0.05, 0.1) is 18.3 Å². The van der Waals surface area contributed by atoms with E-state index in [4.69, 9.17) is 0 Å². The molecule has 9 heteroatoms. The van der Waals surface area contributed by atoms with Gasteiger partial charge in [-0.25, -0.2) is 4.79 Å². The lowest BCUT2D eigenvalue weighted by atomic mass is 10.2. The molecule has 2 aromatic rings. The van der Waals surface area contributed by atoms with E-state index in [1.807, 2.05) is 39.2 Å². The zero-order valence-corrected chi connectivity index (χ0v) is 18.3. The first-order chi connectivity index (χ1) is 14.0. The number of amides is 3. The van der Waals surface area contributed by atoms with Crippen LogP contribution in [0.25, 0.3) is 0 Å². The summed E-state index contributed by atoms with van der Waals surface area (Å²) in [4.78, 5) is 25.9. The van der Waals surface area contributed by atoms with Crippen molar-refractivity contribution in [1.82, 2.24) is 30.3 Å². The van der Waals surface area contributed by atoms with Gasteiger partial charge in [-0.15, -0.1) is 10.2 Å². The van der Waals surface area contributed by atoms with Crippen molar-refractivity contribution in [3.05, 3.63) is 41.7 Å². The average molecular weight is 419 g/mol. The van der Waals surface area contributed by atoms with Crippen molar-refractivity contribution >= 4 is 23.7 Å². The van der Waals surface area contributed by atoms with Crippen LogP contribution in [0.4, 0.5) is 4.79 Å². The molecule has 8 nitrogen and oxygen atoms in total. The van der Waals surface area contributed by atoms with Gasteiger partial charge >= 0.3 is 6.03 Å². The van der Waals surface area contributed by atoms with Crippen LogP contribution in [0, 0.1) is 0 Å². The Morgan fingerprint density at radius 1 is 1.17 bits per heavy atom. The van der Waals surface area contributed by atoms with Crippen molar-refractivity contribution in [3.8, 4) is 0 Å². The number of imide groups is 1. The van der Waals surface area contributed by atoms with Crippen LogP contribution < -0.4 is 10.6 Å². The van der Waals surface area contributed by atoms with E-state index < -0.39 is 6.03 Å². The van der Waals surface area contributed by atoms with Crippen LogP contribution in [0.5, 0.6) is 0 Å². The molecule has 0 saturated heterocycles. The Balaban J connectivity index is 2.15. The fourth-order valence-corrected chi connectivity index (χ4v) is 3.67. The summed E-state index contributed by atoms with van der Waals surface area (Å²) in [5.74, 6) is 0.592. The third-order valence-corrected chi connectivity index (χ3v) is 5.32. The lowest BCUT2D eigenvalue weighted by Crippen LogP contribution is -2.40. The molecule has 0 radical (unpaired) electrons. The van der Waals surface area contributed by atoms with Gasteiger partial charge in [-0.3, -0.25) is 15.0 Å². The number of aromatic nitrogens is 3. The van der Waals surface area contributed by atoms with Crippen LogP contribution in [0.1, 0.15) is 44.1 Å². The van der Waals surface area contributed by atoms with Crippen molar-refractivity contribution in [1.29, 1.82) is 0 Å². The average Bonchev–Trinajstić information content (AvgIpc) is 3.08. The molecular weight excluding hydrogens is 388 g/mol. The standard InChI is InChI=1S/C20H30N6O2S/c1-5-12-21-19(28)22-17(27)14-29-20-24-23-18(16(6-2)25(3)4)26(20)13-15-10-8-7-9-11-15/h7-11,16H,5-6,12-14H2,1-4H3,(H2,21,22,27,28)/t16-/m0/s1. The number of hydrogen-bond acceptors (Lipinski definition) is 6. The highest BCUT2D eigenvalue weighted by Crippen LogP contribution is 2.26. The van der Waals surface area contributed by atoms with Crippen molar-refractivity contribution in [3.63, 3.8) is 0 Å². The first-order valence-corrected chi connectivity index (χ1v) is 10.8. The Hall–Kier alpha value is -2.39. The summed E-state index contributed by atoms with van der Waals surface area (Å²) in [6.45, 7) is 5.21. The molecule has 0 aliphatic heterocycles. The summed E-state index contributed by atoms with van der Waals surface area (Å²) in [6.07, 6.45) is 1.70.